The Balaban J connectivity index is 2.15. The van der Waals surface area contributed by atoms with E-state index in [-0.39, 0.29) is 16.7 Å². The van der Waals surface area contributed by atoms with E-state index >= 15 is 0 Å². The summed E-state index contributed by atoms with van der Waals surface area (Å²) in [6.07, 6.45) is 0. The Morgan fingerprint density at radius 1 is 1.35 bits per heavy atom. The van der Waals surface area contributed by atoms with E-state index in [9.17, 15) is 9.90 Å². The van der Waals surface area contributed by atoms with Crippen LogP contribution in [0.2, 0.25) is 5.22 Å². The summed E-state index contributed by atoms with van der Waals surface area (Å²) in [5, 5.41) is 12.2. The van der Waals surface area contributed by atoms with E-state index in [0.717, 1.165) is 5.56 Å². The Bertz CT molecular complexity index is 563. The highest BCUT2D eigenvalue weighted by Crippen LogP contribution is 2.22. The molecule has 2 aromatic rings. The monoisotopic (exact) mass is 251 g/mol. The van der Waals surface area contributed by atoms with Gasteiger partial charge in [-0.1, -0.05) is 6.07 Å². The average molecular weight is 252 g/mol. The smallest absolute Gasteiger partial charge is 0.291 e. The summed E-state index contributed by atoms with van der Waals surface area (Å²) in [6, 6.07) is 7.84. The van der Waals surface area contributed by atoms with Crippen molar-refractivity contribution in [3.05, 3.63) is 46.9 Å². The quantitative estimate of drug-likeness (QED) is 0.862. The van der Waals surface area contributed by atoms with Gasteiger partial charge in [0.25, 0.3) is 5.91 Å². The highest BCUT2D eigenvalue weighted by Gasteiger charge is 2.11. The second-order valence-corrected chi connectivity index (χ2v) is 3.93. The predicted molar refractivity (Wildman–Crippen MR) is 64.5 cm³/mol. The molecule has 0 aliphatic rings. The van der Waals surface area contributed by atoms with Crippen molar-refractivity contribution in [3.63, 3.8) is 0 Å². The summed E-state index contributed by atoms with van der Waals surface area (Å²) in [7, 11) is 0. The number of carbonyl (C=O) groups is 1. The number of hydrogen-bond acceptors (Lipinski definition) is 3. The molecule has 0 fully saturated rings. The number of phenolic OH excluding ortho intramolecular Hbond substituents is 1. The molecule has 2 N–H and O–H groups in total. The van der Waals surface area contributed by atoms with Crippen molar-refractivity contribution in [1.82, 2.24) is 0 Å². The fraction of sp³-hybridized carbons (Fsp3) is 0.0833. The first-order chi connectivity index (χ1) is 8.06. The van der Waals surface area contributed by atoms with Crippen molar-refractivity contribution >= 4 is 23.2 Å². The van der Waals surface area contributed by atoms with Crippen LogP contribution >= 0.6 is 11.6 Å². The summed E-state index contributed by atoms with van der Waals surface area (Å²) in [6.45, 7) is 1.77. The number of amides is 1. The number of aryl methyl sites for hydroxylation is 1. The van der Waals surface area contributed by atoms with Crippen molar-refractivity contribution in [2.45, 2.75) is 6.92 Å². The average Bonchev–Trinajstić information content (AvgIpc) is 2.70. The van der Waals surface area contributed by atoms with Crippen LogP contribution in [0.25, 0.3) is 0 Å². The van der Waals surface area contributed by atoms with E-state index in [4.69, 9.17) is 16.0 Å². The second kappa shape index (κ2) is 4.51. The van der Waals surface area contributed by atoms with Crippen LogP contribution < -0.4 is 5.32 Å². The molecular formula is C12H10ClNO3. The standard InChI is InChI=1S/C12H10ClNO3/c1-7-2-3-8(6-9(7)15)14-12(16)10-4-5-11(13)17-10/h2-6,15H,1H3,(H,14,16). The first kappa shape index (κ1) is 11.5. The molecule has 88 valence electrons. The maximum Gasteiger partial charge on any atom is 0.291 e. The fourth-order valence-electron chi connectivity index (χ4n) is 1.32. The molecule has 0 spiro atoms. The molecule has 1 heterocycles. The molecule has 5 heteroatoms. The third kappa shape index (κ3) is 2.60. The van der Waals surface area contributed by atoms with Crippen molar-refractivity contribution in [2.24, 2.45) is 0 Å². The van der Waals surface area contributed by atoms with Crippen LogP contribution in [-0.2, 0) is 0 Å². The van der Waals surface area contributed by atoms with Crippen LogP contribution in [0.5, 0.6) is 5.75 Å². The molecular weight excluding hydrogens is 242 g/mol. The second-order valence-electron chi connectivity index (χ2n) is 3.56. The lowest BCUT2D eigenvalue weighted by molar-refractivity contribution is 0.0997. The molecule has 1 aromatic carbocycles. The molecule has 0 unspecified atom stereocenters. The SMILES string of the molecule is Cc1ccc(NC(=O)c2ccc(Cl)o2)cc1O. The maximum atomic E-state index is 11.7. The Hall–Kier alpha value is -1.94. The van der Waals surface area contributed by atoms with Crippen LogP contribution in [0.1, 0.15) is 16.1 Å². The Kier molecular flexibility index (Phi) is 3.06. The van der Waals surface area contributed by atoms with Crippen molar-refractivity contribution in [3.8, 4) is 5.75 Å². The third-order valence-corrected chi connectivity index (χ3v) is 2.47. The largest absolute Gasteiger partial charge is 0.508 e. The lowest BCUT2D eigenvalue weighted by Crippen LogP contribution is -2.10. The minimum absolute atomic E-state index is 0.120. The molecule has 17 heavy (non-hydrogen) atoms. The molecule has 0 saturated carbocycles. The van der Waals surface area contributed by atoms with E-state index in [2.05, 4.69) is 5.32 Å². The summed E-state index contributed by atoms with van der Waals surface area (Å²) in [4.78, 5) is 11.7. The van der Waals surface area contributed by atoms with E-state index in [1.165, 1.54) is 18.2 Å². The molecule has 1 amide bonds. The fourth-order valence-corrected chi connectivity index (χ4v) is 1.46. The number of carbonyl (C=O) groups excluding carboxylic acids is 1. The van der Waals surface area contributed by atoms with E-state index < -0.39 is 5.91 Å². The van der Waals surface area contributed by atoms with Gasteiger partial charge in [-0.05, 0) is 42.3 Å². The number of aromatic hydroxyl groups is 1. The molecule has 0 saturated heterocycles. The summed E-state index contributed by atoms with van der Waals surface area (Å²) in [5.74, 6) is -0.171. The van der Waals surface area contributed by atoms with E-state index in [1.807, 2.05) is 0 Å². The summed E-state index contributed by atoms with van der Waals surface area (Å²) < 4.78 is 4.96. The predicted octanol–water partition coefficient (Wildman–Crippen LogP) is 3.20. The normalized spacial score (nSPS) is 10.2. The van der Waals surface area contributed by atoms with Crippen LogP contribution in [0.15, 0.2) is 34.7 Å². The molecule has 4 nitrogen and oxygen atoms in total. The van der Waals surface area contributed by atoms with Gasteiger partial charge >= 0.3 is 0 Å². The highest BCUT2D eigenvalue weighted by molar-refractivity contribution is 6.29. The van der Waals surface area contributed by atoms with Crippen LogP contribution in [0.3, 0.4) is 0 Å². The Morgan fingerprint density at radius 3 is 2.71 bits per heavy atom. The Labute approximate surface area is 103 Å². The zero-order valence-electron chi connectivity index (χ0n) is 9.03. The van der Waals surface area contributed by atoms with Gasteiger partial charge in [0.2, 0.25) is 0 Å². The molecule has 0 aliphatic carbocycles. The van der Waals surface area contributed by atoms with Gasteiger partial charge in [-0.3, -0.25) is 4.79 Å². The number of furan rings is 1. The molecule has 0 bridgehead atoms. The van der Waals surface area contributed by atoms with Crippen molar-refractivity contribution in [2.75, 3.05) is 5.32 Å². The zero-order chi connectivity index (χ0) is 12.4. The number of benzene rings is 1. The van der Waals surface area contributed by atoms with Gasteiger partial charge in [-0.2, -0.15) is 0 Å². The third-order valence-electron chi connectivity index (χ3n) is 2.26. The number of phenols is 1. The maximum absolute atomic E-state index is 11.7. The van der Waals surface area contributed by atoms with Crippen LogP contribution in [0, 0.1) is 6.92 Å². The zero-order valence-corrected chi connectivity index (χ0v) is 9.78. The number of halogens is 1. The number of anilines is 1. The van der Waals surface area contributed by atoms with Gasteiger partial charge in [-0.15, -0.1) is 0 Å². The number of nitrogens with one attached hydrogen (secondary N) is 1. The van der Waals surface area contributed by atoms with E-state index in [1.54, 1.807) is 19.1 Å². The molecule has 0 aliphatic heterocycles. The van der Waals surface area contributed by atoms with Crippen LogP contribution in [0.4, 0.5) is 5.69 Å². The Morgan fingerprint density at radius 2 is 2.12 bits per heavy atom. The lowest BCUT2D eigenvalue weighted by atomic mass is 10.2. The van der Waals surface area contributed by atoms with Gasteiger partial charge in [0.1, 0.15) is 5.75 Å². The summed E-state index contributed by atoms with van der Waals surface area (Å²) in [5.41, 5.74) is 1.23. The molecule has 1 aromatic heterocycles. The van der Waals surface area contributed by atoms with Gasteiger partial charge in [0.05, 0.1) is 0 Å². The molecule has 0 radical (unpaired) electrons. The van der Waals surface area contributed by atoms with Crippen LogP contribution in [-0.4, -0.2) is 11.0 Å². The van der Waals surface area contributed by atoms with Gasteiger partial charge in [-0.25, -0.2) is 0 Å². The minimum atomic E-state index is -0.417. The molecule has 2 rings (SSSR count). The number of rotatable bonds is 2. The molecule has 0 atom stereocenters. The van der Waals surface area contributed by atoms with Crippen molar-refractivity contribution < 1.29 is 14.3 Å². The van der Waals surface area contributed by atoms with E-state index in [0.29, 0.717) is 5.69 Å². The minimum Gasteiger partial charge on any atom is -0.508 e. The first-order valence-corrected chi connectivity index (χ1v) is 5.30. The number of hydrogen-bond donors (Lipinski definition) is 2. The lowest BCUT2D eigenvalue weighted by Gasteiger charge is -2.05. The van der Waals surface area contributed by atoms with Gasteiger partial charge in [0, 0.05) is 11.8 Å². The highest BCUT2D eigenvalue weighted by atomic mass is 35.5. The van der Waals surface area contributed by atoms with Gasteiger partial charge < -0.3 is 14.8 Å². The summed E-state index contributed by atoms with van der Waals surface area (Å²) >= 11 is 5.57. The topological polar surface area (TPSA) is 62.5 Å². The van der Waals surface area contributed by atoms with Crippen molar-refractivity contribution in [1.29, 1.82) is 0 Å². The first-order valence-electron chi connectivity index (χ1n) is 4.92. The van der Waals surface area contributed by atoms with Gasteiger partial charge in [0.15, 0.2) is 11.0 Å².